The Hall–Kier alpha value is -3.72. The van der Waals surface area contributed by atoms with Crippen molar-refractivity contribution in [3.8, 4) is 11.1 Å². The summed E-state index contributed by atoms with van der Waals surface area (Å²) in [6.07, 6.45) is 4.57. The lowest BCUT2D eigenvalue weighted by atomic mass is 10.00. The minimum atomic E-state index is -0.493. The zero-order chi connectivity index (χ0) is 24.1. The lowest BCUT2D eigenvalue weighted by molar-refractivity contribution is -0.127. The largest absolute Gasteiger partial charge is 0.361 e. The third-order valence-electron chi connectivity index (χ3n) is 6.18. The molecule has 2 aliphatic rings. The summed E-state index contributed by atoms with van der Waals surface area (Å²) in [5.41, 5.74) is 4.87. The summed E-state index contributed by atoms with van der Waals surface area (Å²) < 4.78 is 0. The Morgan fingerprint density at radius 2 is 1.82 bits per heavy atom. The van der Waals surface area contributed by atoms with E-state index in [0.717, 1.165) is 54.7 Å². The minimum absolute atomic E-state index is 0.0852. The van der Waals surface area contributed by atoms with Gasteiger partial charge in [-0.3, -0.25) is 14.6 Å². The number of carbonyl (C=O) groups is 2. The summed E-state index contributed by atoms with van der Waals surface area (Å²) >= 11 is 0. The summed E-state index contributed by atoms with van der Waals surface area (Å²) in [4.78, 5) is 27.4. The highest BCUT2D eigenvalue weighted by Gasteiger charge is 2.24. The first kappa shape index (κ1) is 23.4. The highest BCUT2D eigenvalue weighted by Crippen LogP contribution is 2.32. The lowest BCUT2D eigenvalue weighted by Crippen LogP contribution is -2.39. The zero-order valence-corrected chi connectivity index (χ0v) is 19.4. The van der Waals surface area contributed by atoms with Crippen molar-refractivity contribution in [1.82, 2.24) is 9.91 Å². The predicted molar refractivity (Wildman–Crippen MR) is 132 cm³/mol. The van der Waals surface area contributed by atoms with Crippen LogP contribution in [0.25, 0.3) is 17.2 Å². The standard InChI is InChI=1S/C25H31N7O2/c1-2-11-32(27)25(34)21-14-20-10-9-19(15-22(20)28-23(16-21)29-30-26)17-5-7-18(8-6-17)24(33)31-12-3-4-13-31/h5-10,14-15,23,28H,2-4,11-13,16,27H2,1H3,(H2,26,29). The Morgan fingerprint density at radius 1 is 1.12 bits per heavy atom. The number of carbonyl (C=O) groups excluding carboxylic acids is 2. The van der Waals surface area contributed by atoms with E-state index in [1.807, 2.05) is 60.4 Å². The molecule has 2 aromatic carbocycles. The highest BCUT2D eigenvalue weighted by molar-refractivity contribution is 5.99. The summed E-state index contributed by atoms with van der Waals surface area (Å²) in [5, 5.41) is 12.0. The van der Waals surface area contributed by atoms with Crippen LogP contribution in [0.5, 0.6) is 0 Å². The molecule has 178 valence electrons. The maximum atomic E-state index is 12.8. The molecule has 0 spiro atoms. The van der Waals surface area contributed by atoms with Gasteiger partial charge >= 0.3 is 0 Å². The lowest BCUT2D eigenvalue weighted by Gasteiger charge is -2.18. The molecule has 2 heterocycles. The molecule has 0 radical (unpaired) electrons. The van der Waals surface area contributed by atoms with Crippen LogP contribution in [0.4, 0.5) is 5.69 Å². The quantitative estimate of drug-likeness (QED) is 0.262. The van der Waals surface area contributed by atoms with Gasteiger partial charge in [0.2, 0.25) is 0 Å². The molecule has 1 atom stereocenters. The summed E-state index contributed by atoms with van der Waals surface area (Å²) in [6.45, 7) is 4.09. The SMILES string of the molecule is CCCN(N)C(=O)C1=Cc2ccc(-c3ccc(C(=O)N4CCCC4)cc3)cc2NC(N=NN)C1. The van der Waals surface area contributed by atoms with Gasteiger partial charge in [-0.15, -0.1) is 5.11 Å². The first-order valence-electron chi connectivity index (χ1n) is 11.7. The third-order valence-corrected chi connectivity index (χ3v) is 6.18. The minimum Gasteiger partial charge on any atom is -0.361 e. The van der Waals surface area contributed by atoms with Crippen molar-refractivity contribution < 1.29 is 9.59 Å². The van der Waals surface area contributed by atoms with Gasteiger partial charge in [-0.2, -0.15) is 0 Å². The molecule has 2 aliphatic heterocycles. The van der Waals surface area contributed by atoms with Gasteiger partial charge in [0.05, 0.1) is 0 Å². The molecule has 0 bridgehead atoms. The molecule has 0 aliphatic carbocycles. The number of benzene rings is 2. The monoisotopic (exact) mass is 461 g/mol. The van der Waals surface area contributed by atoms with E-state index >= 15 is 0 Å². The van der Waals surface area contributed by atoms with Crippen LogP contribution >= 0.6 is 0 Å². The number of likely N-dealkylation sites (tertiary alicyclic amines) is 1. The van der Waals surface area contributed by atoms with E-state index < -0.39 is 6.17 Å². The fourth-order valence-electron chi connectivity index (χ4n) is 4.41. The molecule has 1 saturated heterocycles. The van der Waals surface area contributed by atoms with Crippen LogP contribution in [0.2, 0.25) is 0 Å². The molecule has 1 unspecified atom stereocenters. The number of nitrogens with two attached hydrogens (primary N) is 2. The van der Waals surface area contributed by atoms with E-state index in [-0.39, 0.29) is 11.8 Å². The van der Waals surface area contributed by atoms with Crippen LogP contribution in [0, 0.1) is 0 Å². The van der Waals surface area contributed by atoms with Crippen LogP contribution in [0.15, 0.2) is 58.4 Å². The van der Waals surface area contributed by atoms with Gasteiger partial charge in [0.15, 0.2) is 0 Å². The van der Waals surface area contributed by atoms with Gasteiger partial charge in [0, 0.05) is 42.9 Å². The summed E-state index contributed by atoms with van der Waals surface area (Å²) in [5.74, 6) is 11.1. The van der Waals surface area contributed by atoms with Crippen molar-refractivity contribution in [2.24, 2.45) is 22.0 Å². The van der Waals surface area contributed by atoms with Gasteiger partial charge in [-0.1, -0.05) is 36.4 Å². The maximum Gasteiger partial charge on any atom is 0.263 e. The molecular formula is C25H31N7O2. The van der Waals surface area contributed by atoms with Crippen LogP contribution in [0.1, 0.15) is 48.5 Å². The van der Waals surface area contributed by atoms with Gasteiger partial charge < -0.3 is 16.1 Å². The number of hydrogen-bond acceptors (Lipinski definition) is 6. The average molecular weight is 462 g/mol. The molecule has 0 aromatic heterocycles. The molecule has 9 nitrogen and oxygen atoms in total. The second-order valence-corrected chi connectivity index (χ2v) is 8.64. The van der Waals surface area contributed by atoms with Crippen molar-refractivity contribution in [3.05, 3.63) is 59.2 Å². The fourth-order valence-corrected chi connectivity index (χ4v) is 4.41. The number of nitrogens with zero attached hydrogens (tertiary/aromatic N) is 4. The van der Waals surface area contributed by atoms with E-state index in [1.54, 1.807) is 0 Å². The van der Waals surface area contributed by atoms with E-state index in [2.05, 4.69) is 15.7 Å². The fraction of sp³-hybridized carbons (Fsp3) is 0.360. The van der Waals surface area contributed by atoms with Crippen molar-refractivity contribution in [2.45, 2.75) is 38.8 Å². The van der Waals surface area contributed by atoms with Gasteiger partial charge in [-0.05, 0) is 60.2 Å². The van der Waals surface area contributed by atoms with Crippen molar-refractivity contribution in [1.29, 1.82) is 0 Å². The smallest absolute Gasteiger partial charge is 0.263 e. The normalized spacial score (nSPS) is 17.6. The van der Waals surface area contributed by atoms with E-state index in [1.165, 1.54) is 5.01 Å². The molecule has 9 heteroatoms. The Balaban J connectivity index is 1.61. The van der Waals surface area contributed by atoms with Crippen LogP contribution < -0.4 is 17.0 Å². The molecule has 2 aromatic rings. The number of amides is 2. The molecule has 5 N–H and O–H groups in total. The first-order chi connectivity index (χ1) is 16.5. The summed E-state index contributed by atoms with van der Waals surface area (Å²) in [6, 6.07) is 13.6. The Bertz CT molecular complexity index is 1100. The van der Waals surface area contributed by atoms with Crippen LogP contribution in [-0.4, -0.2) is 47.5 Å². The second-order valence-electron chi connectivity index (χ2n) is 8.64. The van der Waals surface area contributed by atoms with Crippen molar-refractivity contribution >= 4 is 23.6 Å². The van der Waals surface area contributed by atoms with Crippen molar-refractivity contribution in [2.75, 3.05) is 25.0 Å². The number of rotatable bonds is 6. The highest BCUT2D eigenvalue weighted by atomic mass is 16.2. The number of hydrogen-bond donors (Lipinski definition) is 3. The summed E-state index contributed by atoms with van der Waals surface area (Å²) in [7, 11) is 0. The Kier molecular flexibility index (Phi) is 7.22. The second kappa shape index (κ2) is 10.5. The Labute approximate surface area is 199 Å². The maximum absolute atomic E-state index is 12.8. The number of anilines is 1. The molecule has 4 rings (SSSR count). The molecular weight excluding hydrogens is 430 g/mol. The van der Waals surface area contributed by atoms with E-state index in [9.17, 15) is 9.59 Å². The van der Waals surface area contributed by atoms with E-state index in [0.29, 0.717) is 24.1 Å². The number of nitrogens with one attached hydrogen (secondary N) is 1. The third kappa shape index (κ3) is 5.09. The molecule has 1 fully saturated rings. The molecule has 2 amide bonds. The van der Waals surface area contributed by atoms with Gasteiger partial charge in [0.1, 0.15) is 6.17 Å². The molecule has 34 heavy (non-hydrogen) atoms. The Morgan fingerprint density at radius 3 is 2.50 bits per heavy atom. The van der Waals surface area contributed by atoms with Gasteiger partial charge in [-0.25, -0.2) is 5.84 Å². The predicted octanol–water partition coefficient (Wildman–Crippen LogP) is 3.55. The average Bonchev–Trinajstić information content (AvgIpc) is 3.32. The molecule has 0 saturated carbocycles. The van der Waals surface area contributed by atoms with Crippen LogP contribution in [-0.2, 0) is 4.79 Å². The number of hydrazine groups is 1. The first-order valence-corrected chi connectivity index (χ1v) is 11.7. The van der Waals surface area contributed by atoms with Crippen LogP contribution in [0.3, 0.4) is 0 Å². The number of fused-ring (bicyclic) bond motifs is 1. The zero-order valence-electron chi connectivity index (χ0n) is 19.4. The topological polar surface area (TPSA) is 129 Å². The van der Waals surface area contributed by atoms with Crippen molar-refractivity contribution in [3.63, 3.8) is 0 Å². The van der Waals surface area contributed by atoms with E-state index in [4.69, 9.17) is 11.7 Å². The van der Waals surface area contributed by atoms with Gasteiger partial charge in [0.25, 0.3) is 11.8 Å².